The molecular formula is C11H11ClF3NO. The smallest absolute Gasteiger partial charge is 0.420 e. The van der Waals surface area contributed by atoms with Gasteiger partial charge >= 0.3 is 6.18 Å². The lowest BCUT2D eigenvalue weighted by Gasteiger charge is -2.14. The van der Waals surface area contributed by atoms with E-state index in [0.717, 1.165) is 13.2 Å². The van der Waals surface area contributed by atoms with Crippen molar-refractivity contribution in [2.75, 3.05) is 13.7 Å². The number of benzene rings is 1. The van der Waals surface area contributed by atoms with Crippen LogP contribution < -0.4 is 10.5 Å². The lowest BCUT2D eigenvalue weighted by molar-refractivity contribution is -0.138. The third-order valence-electron chi connectivity index (χ3n) is 2.02. The largest absolute Gasteiger partial charge is 0.495 e. The predicted molar refractivity (Wildman–Crippen MR) is 61.1 cm³/mol. The first-order chi connectivity index (χ1) is 7.90. The highest BCUT2D eigenvalue weighted by atomic mass is 35.5. The zero-order valence-electron chi connectivity index (χ0n) is 9.01. The maximum Gasteiger partial charge on any atom is 0.420 e. The van der Waals surface area contributed by atoms with Gasteiger partial charge in [-0.1, -0.05) is 23.8 Å². The number of alkyl halides is 3. The summed E-state index contributed by atoms with van der Waals surface area (Å²) in [6.45, 7) is 0.241. The summed E-state index contributed by atoms with van der Waals surface area (Å²) in [5.74, 6) is -0.371. The van der Waals surface area contributed by atoms with Crippen molar-refractivity contribution < 1.29 is 17.9 Å². The molecular weight excluding hydrogens is 255 g/mol. The molecule has 0 aliphatic carbocycles. The average Bonchev–Trinajstić information content (AvgIpc) is 2.24. The van der Waals surface area contributed by atoms with E-state index in [1.54, 1.807) is 0 Å². The molecule has 1 aromatic rings. The van der Waals surface area contributed by atoms with Gasteiger partial charge in [-0.2, -0.15) is 13.2 Å². The topological polar surface area (TPSA) is 35.2 Å². The monoisotopic (exact) mass is 265 g/mol. The Kier molecular flexibility index (Phi) is 4.42. The van der Waals surface area contributed by atoms with E-state index in [1.807, 2.05) is 0 Å². The first-order valence-electron chi connectivity index (χ1n) is 4.71. The minimum atomic E-state index is -4.51. The number of hydrogen-bond donors (Lipinski definition) is 1. The van der Waals surface area contributed by atoms with Gasteiger partial charge in [-0.25, -0.2) is 0 Å². The molecule has 0 saturated carbocycles. The molecule has 94 valence electrons. The minimum absolute atomic E-state index is 0.0843. The summed E-state index contributed by atoms with van der Waals surface area (Å²) in [5, 5.41) is -0.0843. The minimum Gasteiger partial charge on any atom is -0.495 e. The summed E-state index contributed by atoms with van der Waals surface area (Å²) >= 11 is 5.73. The molecule has 0 saturated heterocycles. The summed E-state index contributed by atoms with van der Waals surface area (Å²) < 4.78 is 42.9. The summed E-state index contributed by atoms with van der Waals surface area (Å²) in [4.78, 5) is 0. The summed E-state index contributed by atoms with van der Waals surface area (Å²) in [6, 6.07) is 2.36. The van der Waals surface area contributed by atoms with Crippen LogP contribution in [-0.4, -0.2) is 13.7 Å². The molecule has 0 bridgehead atoms. The number of ether oxygens (including phenoxy) is 1. The van der Waals surface area contributed by atoms with Gasteiger partial charge in [0.1, 0.15) is 5.75 Å². The Labute approximate surface area is 102 Å². The van der Waals surface area contributed by atoms with Crippen LogP contribution in [0.1, 0.15) is 11.1 Å². The quantitative estimate of drug-likeness (QED) is 0.910. The maximum absolute atomic E-state index is 12.7. The second-order valence-corrected chi connectivity index (χ2v) is 3.63. The zero-order chi connectivity index (χ0) is 13.1. The van der Waals surface area contributed by atoms with Gasteiger partial charge in [0.2, 0.25) is 0 Å². The maximum atomic E-state index is 12.7. The van der Waals surface area contributed by atoms with Gasteiger partial charge in [-0.3, -0.25) is 0 Å². The van der Waals surface area contributed by atoms with Gasteiger partial charge in [0.05, 0.1) is 17.7 Å². The lowest BCUT2D eigenvalue weighted by Crippen LogP contribution is -2.08. The van der Waals surface area contributed by atoms with Crippen LogP contribution in [0.15, 0.2) is 18.2 Å². The third kappa shape index (κ3) is 3.38. The fraction of sp³-hybridized carbons (Fsp3) is 0.273. The molecule has 2 N–H and O–H groups in total. The summed E-state index contributed by atoms with van der Waals surface area (Å²) in [7, 11) is 1.14. The fourth-order valence-electron chi connectivity index (χ4n) is 1.33. The van der Waals surface area contributed by atoms with Crippen molar-refractivity contribution >= 4 is 17.7 Å². The molecule has 6 heteroatoms. The number of methoxy groups -OCH3 is 1. The van der Waals surface area contributed by atoms with Crippen molar-refractivity contribution in [2.24, 2.45) is 5.73 Å². The highest BCUT2D eigenvalue weighted by Gasteiger charge is 2.35. The molecule has 0 atom stereocenters. The van der Waals surface area contributed by atoms with E-state index in [4.69, 9.17) is 17.3 Å². The van der Waals surface area contributed by atoms with Crippen LogP contribution in [-0.2, 0) is 6.18 Å². The van der Waals surface area contributed by atoms with Crippen LogP contribution in [0, 0.1) is 0 Å². The molecule has 0 aromatic heterocycles. The number of rotatable bonds is 3. The van der Waals surface area contributed by atoms with Crippen LogP contribution in [0.5, 0.6) is 5.75 Å². The second kappa shape index (κ2) is 5.42. The fourth-order valence-corrected chi connectivity index (χ4v) is 1.64. The van der Waals surface area contributed by atoms with Crippen molar-refractivity contribution in [1.82, 2.24) is 0 Å². The first-order valence-corrected chi connectivity index (χ1v) is 5.09. The molecule has 0 spiro atoms. The normalized spacial score (nSPS) is 12.1. The Morgan fingerprint density at radius 2 is 2.06 bits per heavy atom. The molecule has 0 radical (unpaired) electrons. The molecule has 17 heavy (non-hydrogen) atoms. The molecule has 1 aromatic carbocycles. The van der Waals surface area contributed by atoms with Crippen molar-refractivity contribution in [3.63, 3.8) is 0 Å². The molecule has 1 rings (SSSR count). The number of nitrogens with two attached hydrogens (primary N) is 1. The number of halogens is 4. The highest BCUT2D eigenvalue weighted by Crippen LogP contribution is 2.41. The summed E-state index contributed by atoms with van der Waals surface area (Å²) in [6.07, 6.45) is -1.50. The van der Waals surface area contributed by atoms with Gasteiger partial charge in [0, 0.05) is 6.54 Å². The SMILES string of the molecule is COc1c(Cl)cc(/C=C/CN)cc1C(F)(F)F. The van der Waals surface area contributed by atoms with Crippen LogP contribution in [0.25, 0.3) is 6.08 Å². The van der Waals surface area contributed by atoms with Crippen molar-refractivity contribution in [2.45, 2.75) is 6.18 Å². The molecule has 0 amide bonds. The van der Waals surface area contributed by atoms with E-state index < -0.39 is 11.7 Å². The van der Waals surface area contributed by atoms with E-state index >= 15 is 0 Å². The first kappa shape index (κ1) is 13.9. The van der Waals surface area contributed by atoms with E-state index in [0.29, 0.717) is 5.56 Å². The number of hydrogen-bond acceptors (Lipinski definition) is 2. The van der Waals surface area contributed by atoms with E-state index in [2.05, 4.69) is 4.74 Å². The predicted octanol–water partition coefficient (Wildman–Crippen LogP) is 3.34. The van der Waals surface area contributed by atoms with Crippen molar-refractivity contribution in [3.05, 3.63) is 34.4 Å². The molecule has 0 unspecified atom stereocenters. The lowest BCUT2D eigenvalue weighted by atomic mass is 10.1. The third-order valence-corrected chi connectivity index (χ3v) is 2.30. The Hall–Kier alpha value is -1.20. The van der Waals surface area contributed by atoms with Crippen LogP contribution >= 0.6 is 11.6 Å². The Morgan fingerprint density at radius 1 is 1.41 bits per heavy atom. The van der Waals surface area contributed by atoms with Gasteiger partial charge in [0.15, 0.2) is 0 Å². The average molecular weight is 266 g/mol. The Balaban J connectivity index is 3.34. The van der Waals surface area contributed by atoms with Gasteiger partial charge in [-0.15, -0.1) is 0 Å². The van der Waals surface area contributed by atoms with Gasteiger partial charge in [0.25, 0.3) is 0 Å². The highest BCUT2D eigenvalue weighted by molar-refractivity contribution is 6.32. The Morgan fingerprint density at radius 3 is 2.53 bits per heavy atom. The van der Waals surface area contributed by atoms with Gasteiger partial charge in [-0.05, 0) is 17.7 Å². The standard InChI is InChI=1S/C11H11ClF3NO/c1-17-10-8(11(13,14)15)5-7(3-2-4-16)6-9(10)12/h2-3,5-6H,4,16H2,1H3/b3-2+. The summed E-state index contributed by atoms with van der Waals surface area (Å²) in [5.41, 5.74) is 4.66. The van der Waals surface area contributed by atoms with Crippen molar-refractivity contribution in [3.8, 4) is 5.75 Å². The molecule has 0 aliphatic heterocycles. The zero-order valence-corrected chi connectivity index (χ0v) is 9.77. The molecule has 2 nitrogen and oxygen atoms in total. The van der Waals surface area contributed by atoms with Crippen LogP contribution in [0.4, 0.5) is 13.2 Å². The molecule has 0 heterocycles. The van der Waals surface area contributed by atoms with E-state index in [-0.39, 0.29) is 17.3 Å². The molecule has 0 aliphatic rings. The van der Waals surface area contributed by atoms with Crippen molar-refractivity contribution in [1.29, 1.82) is 0 Å². The Bertz CT molecular complexity index is 429. The molecule has 0 fully saturated rings. The van der Waals surface area contributed by atoms with E-state index in [1.165, 1.54) is 18.2 Å². The van der Waals surface area contributed by atoms with Crippen LogP contribution in [0.2, 0.25) is 5.02 Å². The second-order valence-electron chi connectivity index (χ2n) is 3.22. The van der Waals surface area contributed by atoms with Gasteiger partial charge < -0.3 is 10.5 Å². The van der Waals surface area contributed by atoms with Crippen LogP contribution in [0.3, 0.4) is 0 Å². The van der Waals surface area contributed by atoms with E-state index in [9.17, 15) is 13.2 Å².